The van der Waals surface area contributed by atoms with E-state index in [1.165, 1.54) is 11.3 Å². The average Bonchev–Trinajstić information content (AvgIpc) is 3.11. The monoisotopic (exact) mass is 477 g/mol. The Morgan fingerprint density at radius 3 is 2.66 bits per heavy atom. The number of aliphatic hydroxyl groups excluding tert-OH is 1. The highest BCUT2D eigenvalue weighted by Crippen LogP contribution is 2.40. The summed E-state index contributed by atoms with van der Waals surface area (Å²) in [5, 5.41) is 11.5. The molecule has 1 aromatic carbocycles. The van der Waals surface area contributed by atoms with Crippen LogP contribution in [0.15, 0.2) is 40.1 Å². The lowest BCUT2D eigenvalue weighted by molar-refractivity contribution is -0.129. The minimum atomic E-state index is -0.628. The molecule has 1 aliphatic heterocycles. The van der Waals surface area contributed by atoms with Crippen molar-refractivity contribution >= 4 is 39.0 Å². The molecule has 0 spiro atoms. The number of hydrogen-bond acceptors (Lipinski definition) is 6. The Morgan fingerprint density at radius 1 is 1.34 bits per heavy atom. The van der Waals surface area contributed by atoms with Crippen LogP contribution in [0.2, 0.25) is 0 Å². The highest BCUT2D eigenvalue weighted by Gasteiger charge is 2.44. The fourth-order valence-corrected chi connectivity index (χ4v) is 4.85. The maximum atomic E-state index is 13.4. The van der Waals surface area contributed by atoms with Gasteiger partial charge in [-0.25, -0.2) is 4.98 Å². The molecular formula is C21H24BrN3O3S. The zero-order valence-corrected chi connectivity index (χ0v) is 19.3. The quantitative estimate of drug-likeness (QED) is 0.608. The Bertz CT molecular complexity index is 983. The number of benzene rings is 1. The molecule has 0 bridgehead atoms. The predicted octanol–water partition coefficient (Wildman–Crippen LogP) is 4.05. The molecule has 0 radical (unpaired) electrons. The molecule has 154 valence electrons. The standard InChI is InChI=1S/C21H24BrN3O3S/c1-12-20(29-13(2)23-12)18(26)16-17(14-7-5-8-15(22)11-14)25(21(28)19(16)27)10-6-9-24(3)4/h5,7-8,11,17,27H,6,9-10H2,1-4H3/t17-/m1/s1. The van der Waals surface area contributed by atoms with Crippen LogP contribution in [0.1, 0.15) is 38.4 Å². The minimum absolute atomic E-state index is 0.129. The van der Waals surface area contributed by atoms with Gasteiger partial charge in [0.05, 0.1) is 27.2 Å². The van der Waals surface area contributed by atoms with Crippen molar-refractivity contribution in [3.63, 3.8) is 0 Å². The van der Waals surface area contributed by atoms with Gasteiger partial charge in [-0.3, -0.25) is 9.59 Å². The summed E-state index contributed by atoms with van der Waals surface area (Å²) in [6.07, 6.45) is 0.733. The van der Waals surface area contributed by atoms with Gasteiger partial charge in [-0.1, -0.05) is 28.1 Å². The van der Waals surface area contributed by atoms with E-state index in [0.717, 1.165) is 28.0 Å². The summed E-state index contributed by atoms with van der Waals surface area (Å²) in [6, 6.07) is 6.88. The molecule has 0 saturated heterocycles. The number of carbonyl (C=O) groups excluding carboxylic acids is 2. The van der Waals surface area contributed by atoms with Gasteiger partial charge in [-0.2, -0.15) is 0 Å². The summed E-state index contributed by atoms with van der Waals surface area (Å²) >= 11 is 4.75. The fraction of sp³-hybridized carbons (Fsp3) is 0.381. The third-order valence-corrected chi connectivity index (χ3v) is 6.39. The second-order valence-corrected chi connectivity index (χ2v) is 9.47. The molecule has 0 fully saturated rings. The molecule has 0 aliphatic carbocycles. The molecule has 1 atom stereocenters. The number of hydrogen-bond donors (Lipinski definition) is 1. The molecule has 8 heteroatoms. The first-order valence-electron chi connectivity index (χ1n) is 9.33. The topological polar surface area (TPSA) is 73.7 Å². The van der Waals surface area contributed by atoms with Crippen LogP contribution in [-0.2, 0) is 4.79 Å². The van der Waals surface area contributed by atoms with Gasteiger partial charge in [-0.15, -0.1) is 11.3 Å². The van der Waals surface area contributed by atoms with Crippen molar-refractivity contribution < 1.29 is 14.7 Å². The van der Waals surface area contributed by atoms with Crippen LogP contribution in [-0.4, -0.2) is 58.8 Å². The number of nitrogens with zero attached hydrogens (tertiary/aromatic N) is 3. The van der Waals surface area contributed by atoms with Crippen molar-refractivity contribution in [2.75, 3.05) is 27.2 Å². The van der Waals surface area contributed by atoms with Crippen molar-refractivity contribution in [1.29, 1.82) is 0 Å². The average molecular weight is 478 g/mol. The lowest BCUT2D eigenvalue weighted by atomic mass is 9.95. The lowest BCUT2D eigenvalue weighted by Crippen LogP contribution is -2.33. The van der Waals surface area contributed by atoms with Crippen molar-refractivity contribution in [1.82, 2.24) is 14.8 Å². The molecule has 2 heterocycles. The maximum absolute atomic E-state index is 13.4. The third kappa shape index (κ3) is 4.44. The summed E-state index contributed by atoms with van der Waals surface area (Å²) in [5.74, 6) is -1.30. The maximum Gasteiger partial charge on any atom is 0.290 e. The van der Waals surface area contributed by atoms with Gasteiger partial charge in [0.2, 0.25) is 5.78 Å². The van der Waals surface area contributed by atoms with Crippen LogP contribution in [0.5, 0.6) is 0 Å². The highest BCUT2D eigenvalue weighted by molar-refractivity contribution is 9.10. The molecule has 1 aromatic heterocycles. The minimum Gasteiger partial charge on any atom is -0.503 e. The van der Waals surface area contributed by atoms with Crippen LogP contribution < -0.4 is 0 Å². The van der Waals surface area contributed by atoms with Crippen LogP contribution in [0.25, 0.3) is 0 Å². The van der Waals surface area contributed by atoms with Gasteiger partial charge in [0.1, 0.15) is 0 Å². The Morgan fingerprint density at radius 2 is 2.07 bits per heavy atom. The molecule has 6 nitrogen and oxygen atoms in total. The summed E-state index contributed by atoms with van der Waals surface area (Å²) in [6.45, 7) is 4.85. The number of ketones is 1. The van der Waals surface area contributed by atoms with Gasteiger partial charge < -0.3 is 14.9 Å². The molecular weight excluding hydrogens is 454 g/mol. The molecule has 1 aliphatic rings. The number of aryl methyl sites for hydroxylation is 2. The molecule has 1 N–H and O–H groups in total. The number of rotatable bonds is 7. The number of thiazole rings is 1. The van der Waals surface area contributed by atoms with E-state index in [9.17, 15) is 14.7 Å². The normalized spacial score (nSPS) is 17.0. The number of amides is 1. The number of aromatic nitrogens is 1. The van der Waals surface area contributed by atoms with Crippen molar-refractivity contribution in [3.05, 3.63) is 61.2 Å². The van der Waals surface area contributed by atoms with E-state index in [-0.39, 0.29) is 11.4 Å². The summed E-state index contributed by atoms with van der Waals surface area (Å²) in [5.41, 5.74) is 1.53. The Labute approximate surface area is 183 Å². The zero-order chi connectivity index (χ0) is 21.3. The number of halogens is 1. The molecule has 3 rings (SSSR count). The second kappa shape index (κ2) is 8.77. The zero-order valence-electron chi connectivity index (χ0n) is 16.9. The highest BCUT2D eigenvalue weighted by atomic mass is 79.9. The van der Waals surface area contributed by atoms with E-state index in [4.69, 9.17) is 0 Å². The number of aliphatic hydroxyl groups is 1. The fourth-order valence-electron chi connectivity index (χ4n) is 3.56. The smallest absolute Gasteiger partial charge is 0.290 e. The lowest BCUT2D eigenvalue weighted by Gasteiger charge is -2.27. The van der Waals surface area contributed by atoms with Gasteiger partial charge in [0.15, 0.2) is 5.76 Å². The van der Waals surface area contributed by atoms with E-state index in [1.54, 1.807) is 11.8 Å². The SMILES string of the molecule is Cc1nc(C)c(C(=O)C2=C(O)C(=O)N(CCCN(C)C)[C@@H]2c2cccc(Br)c2)s1. The van der Waals surface area contributed by atoms with E-state index in [2.05, 4.69) is 20.9 Å². The predicted molar refractivity (Wildman–Crippen MR) is 117 cm³/mol. The largest absolute Gasteiger partial charge is 0.503 e. The molecule has 0 unspecified atom stereocenters. The van der Waals surface area contributed by atoms with Crippen molar-refractivity contribution in [3.8, 4) is 0 Å². The van der Waals surface area contributed by atoms with Gasteiger partial charge in [-0.05, 0) is 58.6 Å². The molecule has 0 saturated carbocycles. The van der Waals surface area contributed by atoms with Crippen LogP contribution in [0.4, 0.5) is 0 Å². The van der Waals surface area contributed by atoms with E-state index >= 15 is 0 Å². The summed E-state index contributed by atoms with van der Waals surface area (Å²) in [7, 11) is 3.94. The first kappa shape index (κ1) is 21.7. The van der Waals surface area contributed by atoms with Crippen LogP contribution in [0.3, 0.4) is 0 Å². The van der Waals surface area contributed by atoms with Crippen molar-refractivity contribution in [2.45, 2.75) is 26.3 Å². The molecule has 1 amide bonds. The first-order valence-corrected chi connectivity index (χ1v) is 10.9. The van der Waals surface area contributed by atoms with E-state index in [1.807, 2.05) is 50.2 Å². The molecule has 29 heavy (non-hydrogen) atoms. The second-order valence-electron chi connectivity index (χ2n) is 7.35. The Balaban J connectivity index is 2.05. The molecule has 2 aromatic rings. The third-order valence-electron chi connectivity index (χ3n) is 4.83. The summed E-state index contributed by atoms with van der Waals surface area (Å²) < 4.78 is 0.846. The van der Waals surface area contributed by atoms with Crippen LogP contribution in [0, 0.1) is 13.8 Å². The Kier molecular flexibility index (Phi) is 6.55. The van der Waals surface area contributed by atoms with Gasteiger partial charge in [0.25, 0.3) is 5.91 Å². The first-order chi connectivity index (χ1) is 13.7. The van der Waals surface area contributed by atoms with Crippen LogP contribution >= 0.6 is 27.3 Å². The number of Topliss-reactive ketones (excluding diaryl/α,β-unsaturated/α-hetero) is 1. The summed E-state index contributed by atoms with van der Waals surface area (Å²) in [4.78, 5) is 34.7. The van der Waals surface area contributed by atoms with Gasteiger partial charge in [0, 0.05) is 11.0 Å². The Hall–Kier alpha value is -2.03. The van der Waals surface area contributed by atoms with Crippen molar-refractivity contribution in [2.24, 2.45) is 0 Å². The van der Waals surface area contributed by atoms with Gasteiger partial charge >= 0.3 is 0 Å². The van der Waals surface area contributed by atoms with E-state index in [0.29, 0.717) is 17.1 Å². The van der Waals surface area contributed by atoms with E-state index < -0.39 is 17.7 Å². The number of carbonyl (C=O) groups is 2.